The predicted molar refractivity (Wildman–Crippen MR) is 336 cm³/mol. The van der Waals surface area contributed by atoms with E-state index in [2.05, 4.69) is 85.0 Å². The maximum absolute atomic E-state index is 11.4. The smallest absolute Gasteiger partial charge is 0.306 e. The van der Waals surface area contributed by atoms with Crippen LogP contribution in [-0.4, -0.2) is 314 Å². The van der Waals surface area contributed by atoms with Crippen molar-refractivity contribution in [3.05, 3.63) is 0 Å². The number of hydrogen-bond donors (Lipinski definition) is 5. The molecule has 0 spiro atoms. The minimum Gasteiger partial charge on any atom is -0.469 e. The summed E-state index contributed by atoms with van der Waals surface area (Å²) in [4.78, 5) is 141. The number of nitrogens with one attached hydrogen (secondary N) is 4. The van der Waals surface area contributed by atoms with Gasteiger partial charge in [0.15, 0.2) is 0 Å². The minimum atomic E-state index is -0.337. The largest absolute Gasteiger partial charge is 0.469 e. The first-order valence-corrected chi connectivity index (χ1v) is 30.3. The van der Waals surface area contributed by atoms with Gasteiger partial charge < -0.3 is 103 Å². The lowest BCUT2D eigenvalue weighted by Gasteiger charge is -2.27. The van der Waals surface area contributed by atoms with Crippen molar-refractivity contribution < 1.29 is 114 Å². The molecule has 0 radical (unpaired) electrons. The number of nitrogens with zero attached hydrogens (tertiary/aromatic N) is 4. The van der Waals surface area contributed by atoms with Crippen molar-refractivity contribution in [2.24, 2.45) is 5.73 Å². The molecule has 0 aromatic rings. The third-order valence-corrected chi connectivity index (χ3v) is 12.5. The maximum atomic E-state index is 11.4. The van der Waals surface area contributed by atoms with Crippen molar-refractivity contribution in [2.45, 2.75) is 90.4 Å². The zero-order valence-electron chi connectivity index (χ0n) is 57.2. The Morgan fingerprint density at radius 1 is 0.228 bits per heavy atom. The van der Waals surface area contributed by atoms with Crippen molar-refractivity contribution in [1.29, 1.82) is 0 Å². The van der Waals surface area contributed by atoms with Crippen LogP contribution in [0.1, 0.15) is 90.4 Å². The number of esters is 12. The highest BCUT2D eigenvalue weighted by Crippen LogP contribution is 2.04. The molecule has 0 atom stereocenters. The van der Waals surface area contributed by atoms with Crippen LogP contribution in [0.2, 0.25) is 0 Å². The predicted octanol–water partition coefficient (Wildman–Crippen LogP) is -1.38. The van der Waals surface area contributed by atoms with Crippen LogP contribution in [0, 0.1) is 0 Å². The molecule has 538 valence electrons. The quantitative estimate of drug-likeness (QED) is 0.0266. The molecule has 6 N–H and O–H groups in total. The molecule has 0 heterocycles. The Morgan fingerprint density at radius 3 is 0.598 bits per heavy atom. The second-order valence-electron chi connectivity index (χ2n) is 19.1. The Hall–Kier alpha value is -6.72. The summed E-state index contributed by atoms with van der Waals surface area (Å²) in [5.41, 5.74) is 5.43. The fourth-order valence-electron chi connectivity index (χ4n) is 6.88. The first kappa shape index (κ1) is 94.0. The molecule has 92 heavy (non-hydrogen) atoms. The van der Waals surface area contributed by atoms with Crippen LogP contribution in [-0.2, 0) is 114 Å². The van der Waals surface area contributed by atoms with Gasteiger partial charge in [-0.15, -0.1) is 0 Å². The molecule has 0 saturated carbocycles. The normalized spacial score (nSPS) is 10.2. The van der Waals surface area contributed by atoms with Gasteiger partial charge in [0, 0.05) is 131 Å². The van der Waals surface area contributed by atoms with E-state index in [-0.39, 0.29) is 110 Å². The molecule has 0 saturated heterocycles. The number of carbonyl (C=O) groups excluding carboxylic acids is 12. The van der Waals surface area contributed by atoms with Gasteiger partial charge in [0.05, 0.1) is 162 Å². The molecule has 33 nitrogen and oxygen atoms in total. The maximum Gasteiger partial charge on any atom is 0.306 e. The van der Waals surface area contributed by atoms with E-state index in [4.69, 9.17) is 5.73 Å². The average molecular weight is 1330 g/mol. The van der Waals surface area contributed by atoms with Crippen LogP contribution in [0.25, 0.3) is 0 Å². The molecule has 0 aromatic heterocycles. The van der Waals surface area contributed by atoms with Crippen molar-refractivity contribution in [1.82, 2.24) is 40.9 Å². The molecular formula is C59H113N9O24. The fourth-order valence-corrected chi connectivity index (χ4v) is 6.88. The lowest BCUT2D eigenvalue weighted by molar-refractivity contribution is -0.143. The van der Waals surface area contributed by atoms with Crippen molar-refractivity contribution >= 4 is 71.6 Å². The highest BCUT2D eigenvalue weighted by atomic mass is 16.6. The lowest BCUT2D eigenvalue weighted by atomic mass is 10.3. The fraction of sp³-hybridized carbons (Fsp3) is 0.797. The summed E-state index contributed by atoms with van der Waals surface area (Å²) < 4.78 is 54.9. The first-order valence-electron chi connectivity index (χ1n) is 30.3. The Labute approximate surface area is 544 Å². The van der Waals surface area contributed by atoms with Gasteiger partial charge in [-0.1, -0.05) is 6.92 Å². The summed E-state index contributed by atoms with van der Waals surface area (Å²) in [6, 6.07) is 0. The summed E-state index contributed by atoms with van der Waals surface area (Å²) >= 11 is 0. The van der Waals surface area contributed by atoms with Gasteiger partial charge in [-0.25, -0.2) is 0 Å². The highest BCUT2D eigenvalue weighted by Gasteiger charge is 2.17. The third-order valence-electron chi connectivity index (χ3n) is 12.5. The SMILES string of the molecule is CCCNCCC(=O)OC.COC(=O)CCN(CCC(=O)OC)CCN(CCC(=O)OC)CCC(=O)OC.COC(=O)CCN(CCN)CCC(=O)OC.COC(=O)CCNCCN(CCC(=O)OC)CCC(=O)OC.COC(=O)CCNCCNCCC(=O)OC. The van der Waals surface area contributed by atoms with Crippen LogP contribution in [0.15, 0.2) is 0 Å². The Balaban J connectivity index is -0.000000356. The summed E-state index contributed by atoms with van der Waals surface area (Å²) in [7, 11) is 16.2. The number of carbonyl (C=O) groups is 12. The summed E-state index contributed by atoms with van der Waals surface area (Å²) in [6.07, 6.45) is 4.54. The van der Waals surface area contributed by atoms with E-state index in [1.54, 1.807) is 0 Å². The molecular weight excluding hydrogens is 1220 g/mol. The molecule has 0 amide bonds. The molecule has 33 heteroatoms. The van der Waals surface area contributed by atoms with Crippen LogP contribution < -0.4 is 27.0 Å². The van der Waals surface area contributed by atoms with E-state index in [0.29, 0.717) is 150 Å². The number of nitrogens with two attached hydrogens (primary N) is 1. The van der Waals surface area contributed by atoms with Crippen LogP contribution in [0.3, 0.4) is 0 Å². The second kappa shape index (κ2) is 70.2. The molecule has 0 rings (SSSR count). The van der Waals surface area contributed by atoms with E-state index in [0.717, 1.165) is 32.6 Å². The van der Waals surface area contributed by atoms with Gasteiger partial charge >= 0.3 is 71.6 Å². The van der Waals surface area contributed by atoms with E-state index >= 15 is 0 Å². The highest BCUT2D eigenvalue weighted by molar-refractivity contribution is 5.73. The third kappa shape index (κ3) is 69.2. The molecule has 0 bridgehead atoms. The van der Waals surface area contributed by atoms with Gasteiger partial charge in [0.1, 0.15) is 0 Å². The minimum absolute atomic E-state index is 0.149. The van der Waals surface area contributed by atoms with Gasteiger partial charge in [0.2, 0.25) is 0 Å². The van der Waals surface area contributed by atoms with Crippen LogP contribution in [0.4, 0.5) is 0 Å². The van der Waals surface area contributed by atoms with Gasteiger partial charge in [-0.05, 0) is 13.0 Å². The molecule has 0 unspecified atom stereocenters. The summed E-state index contributed by atoms with van der Waals surface area (Å²) in [6.45, 7) is 14.3. The first-order chi connectivity index (χ1) is 44.0. The van der Waals surface area contributed by atoms with Crippen molar-refractivity contribution in [2.75, 3.05) is 223 Å². The Kier molecular flexibility index (Phi) is 71.7. The molecule has 0 aliphatic carbocycles. The number of rotatable bonds is 49. The van der Waals surface area contributed by atoms with Crippen molar-refractivity contribution in [3.63, 3.8) is 0 Å². The standard InChI is InChI=1S/C18H32N2O8.C14H26N2O6.2C10H20N2O4.C7H15NO2/c1-25-15(21)5-9-19(10-6-16(22)26-2)13-14-20(11-7-17(23)27-3)12-8-18(24)28-4;1-20-12(17)4-7-15-8-11-16(9-5-13(18)21-2)10-6-14(19)22-3;1-15-9(13)3-6-12(8-5-11)7-4-10(14)16-2;1-15-9(13)3-5-11-7-8-12-6-4-10(14)16-2;1-3-5-8-6-4-7(9)10-2/h5-14H2,1-4H3;15H,4-11H2,1-3H3;3-8,11H2,1-2H3;11-12H,3-8H2,1-2H3;8H,3-6H2,1-2H3. The Morgan fingerprint density at radius 2 is 0.402 bits per heavy atom. The Bertz CT molecular complexity index is 1810. The van der Waals surface area contributed by atoms with Gasteiger partial charge in [-0.2, -0.15) is 0 Å². The number of hydrogen-bond acceptors (Lipinski definition) is 33. The van der Waals surface area contributed by atoms with Crippen LogP contribution in [0.5, 0.6) is 0 Å². The monoisotopic (exact) mass is 1330 g/mol. The molecule has 0 aliphatic heterocycles. The summed E-state index contributed by atoms with van der Waals surface area (Å²) in [5, 5.41) is 12.4. The van der Waals surface area contributed by atoms with Gasteiger partial charge in [0.25, 0.3) is 0 Å². The van der Waals surface area contributed by atoms with E-state index in [1.165, 1.54) is 85.3 Å². The van der Waals surface area contributed by atoms with Crippen molar-refractivity contribution in [3.8, 4) is 0 Å². The zero-order valence-corrected chi connectivity index (χ0v) is 57.2. The lowest BCUT2D eigenvalue weighted by Crippen LogP contribution is -2.39. The molecule has 0 aliphatic rings. The zero-order chi connectivity index (χ0) is 70.6. The molecule has 0 aromatic carbocycles. The topological polar surface area (TPSA) is 403 Å². The van der Waals surface area contributed by atoms with Crippen LogP contribution >= 0.6 is 0 Å². The number of methoxy groups -OCH3 is 12. The van der Waals surface area contributed by atoms with E-state index < -0.39 is 0 Å². The average Bonchev–Trinajstić information content (AvgIpc) is 3.64. The second-order valence-corrected chi connectivity index (χ2v) is 19.1. The van der Waals surface area contributed by atoms with E-state index in [9.17, 15) is 57.5 Å². The van der Waals surface area contributed by atoms with Gasteiger partial charge in [-0.3, -0.25) is 57.5 Å². The molecule has 0 fully saturated rings. The van der Waals surface area contributed by atoms with E-state index in [1.807, 2.05) is 19.6 Å². The summed E-state index contributed by atoms with van der Waals surface area (Å²) in [5.74, 6) is -3.30. The number of ether oxygens (including phenoxy) is 12.